The van der Waals surface area contributed by atoms with Gasteiger partial charge in [-0.3, -0.25) is 9.69 Å². The van der Waals surface area contributed by atoms with Crippen LogP contribution in [0, 0.1) is 0 Å². The first kappa shape index (κ1) is 15.9. The van der Waals surface area contributed by atoms with Crippen molar-refractivity contribution in [3.05, 3.63) is 29.3 Å². The largest absolute Gasteiger partial charge is 0.393 e. The molecule has 0 heterocycles. The van der Waals surface area contributed by atoms with Crippen LogP contribution in [0.25, 0.3) is 0 Å². The van der Waals surface area contributed by atoms with Gasteiger partial charge in [-0.1, -0.05) is 36.8 Å². The molecule has 0 aliphatic heterocycles. The molecule has 0 aliphatic rings. The third-order valence-electron chi connectivity index (χ3n) is 2.60. The van der Waals surface area contributed by atoms with Crippen molar-refractivity contribution < 1.29 is 4.79 Å². The van der Waals surface area contributed by atoms with Crippen LogP contribution in [0.15, 0.2) is 24.3 Å². The number of hydrogen-bond donors (Lipinski definition) is 2. The minimum Gasteiger partial charge on any atom is -0.393 e. The Hall–Kier alpha value is -1.17. The first-order valence-corrected chi connectivity index (χ1v) is 6.86. The van der Waals surface area contributed by atoms with Crippen molar-refractivity contribution in [3.8, 4) is 0 Å². The number of amides is 1. The molecule has 1 rings (SSSR count). The molecule has 0 saturated carbocycles. The number of rotatable bonds is 7. The summed E-state index contributed by atoms with van der Waals surface area (Å²) >= 11 is 10.7. The summed E-state index contributed by atoms with van der Waals surface area (Å²) in [5, 5.41) is 3.40. The topological polar surface area (TPSA) is 58.4 Å². The average molecular weight is 300 g/mol. The van der Waals surface area contributed by atoms with Crippen LogP contribution in [0.3, 0.4) is 0 Å². The zero-order valence-corrected chi connectivity index (χ0v) is 12.4. The number of thiocarbonyl (C=S) groups is 1. The second-order valence-corrected chi connectivity index (χ2v) is 5.10. The lowest BCUT2D eigenvalue weighted by molar-refractivity contribution is -0.117. The maximum atomic E-state index is 11.9. The lowest BCUT2D eigenvalue weighted by Crippen LogP contribution is -2.35. The van der Waals surface area contributed by atoms with Crippen molar-refractivity contribution in [1.82, 2.24) is 4.90 Å². The molecule has 0 radical (unpaired) electrons. The number of halogens is 1. The molecule has 0 spiro atoms. The Labute approximate surface area is 123 Å². The zero-order valence-electron chi connectivity index (χ0n) is 10.9. The summed E-state index contributed by atoms with van der Waals surface area (Å²) in [4.78, 5) is 14.3. The first-order chi connectivity index (χ1) is 9.01. The van der Waals surface area contributed by atoms with E-state index in [9.17, 15) is 4.79 Å². The second kappa shape index (κ2) is 8.09. The van der Waals surface area contributed by atoms with Crippen LogP contribution < -0.4 is 11.1 Å². The van der Waals surface area contributed by atoms with Crippen LogP contribution in [0.2, 0.25) is 5.02 Å². The summed E-state index contributed by atoms with van der Waals surface area (Å²) in [7, 11) is 0. The number of nitrogens with two attached hydrogens (primary N) is 1. The molecular weight excluding hydrogens is 282 g/mol. The fourth-order valence-corrected chi connectivity index (χ4v) is 1.87. The van der Waals surface area contributed by atoms with E-state index < -0.39 is 0 Å². The molecule has 0 aromatic heterocycles. The van der Waals surface area contributed by atoms with Crippen LogP contribution in [-0.2, 0) is 4.79 Å². The predicted molar refractivity (Wildman–Crippen MR) is 83.6 cm³/mol. The smallest absolute Gasteiger partial charge is 0.238 e. The highest BCUT2D eigenvalue weighted by molar-refractivity contribution is 7.80. The molecule has 6 heteroatoms. The standard InChI is InChI=1S/C13H18ClN3OS/c1-2-17(7-6-12(15)19)9-13(18)16-11-5-3-4-10(14)8-11/h3-5,8H,2,6-7,9H2,1H3,(H2,15,19)(H,16,18). The first-order valence-electron chi connectivity index (χ1n) is 6.07. The fraction of sp³-hybridized carbons (Fsp3) is 0.385. The van der Waals surface area contributed by atoms with E-state index in [4.69, 9.17) is 29.6 Å². The van der Waals surface area contributed by atoms with Gasteiger partial charge in [-0.2, -0.15) is 0 Å². The molecule has 1 aromatic rings. The number of nitrogens with one attached hydrogen (secondary N) is 1. The van der Waals surface area contributed by atoms with Gasteiger partial charge < -0.3 is 11.1 Å². The summed E-state index contributed by atoms with van der Waals surface area (Å²) in [5.41, 5.74) is 6.15. The Balaban J connectivity index is 2.46. The molecule has 1 amide bonds. The molecule has 19 heavy (non-hydrogen) atoms. The van der Waals surface area contributed by atoms with E-state index in [0.29, 0.717) is 35.2 Å². The lowest BCUT2D eigenvalue weighted by Gasteiger charge is -2.19. The quantitative estimate of drug-likeness (QED) is 0.758. The summed E-state index contributed by atoms with van der Waals surface area (Å²) < 4.78 is 0. The number of likely N-dealkylation sites (N-methyl/N-ethyl adjacent to an activating group) is 1. The SMILES string of the molecule is CCN(CCC(N)=S)CC(=O)Nc1cccc(Cl)c1. The highest BCUT2D eigenvalue weighted by Crippen LogP contribution is 2.14. The highest BCUT2D eigenvalue weighted by atomic mass is 35.5. The molecule has 0 saturated heterocycles. The number of anilines is 1. The van der Waals surface area contributed by atoms with E-state index in [-0.39, 0.29) is 5.91 Å². The van der Waals surface area contributed by atoms with Gasteiger partial charge in [0.25, 0.3) is 0 Å². The Bertz CT molecular complexity index is 453. The summed E-state index contributed by atoms with van der Waals surface area (Å²) in [5.74, 6) is -0.0768. The van der Waals surface area contributed by atoms with E-state index in [1.807, 2.05) is 11.8 Å². The highest BCUT2D eigenvalue weighted by Gasteiger charge is 2.09. The van der Waals surface area contributed by atoms with Crippen molar-refractivity contribution >= 4 is 40.4 Å². The molecule has 1 aromatic carbocycles. The maximum Gasteiger partial charge on any atom is 0.238 e. The van der Waals surface area contributed by atoms with Gasteiger partial charge in [0.15, 0.2) is 0 Å². The fourth-order valence-electron chi connectivity index (χ4n) is 1.59. The van der Waals surface area contributed by atoms with Gasteiger partial charge in [-0.25, -0.2) is 0 Å². The van der Waals surface area contributed by atoms with Crippen molar-refractivity contribution in [3.63, 3.8) is 0 Å². The zero-order chi connectivity index (χ0) is 14.3. The monoisotopic (exact) mass is 299 g/mol. The van der Waals surface area contributed by atoms with Gasteiger partial charge >= 0.3 is 0 Å². The molecule has 0 aliphatic carbocycles. The Morgan fingerprint density at radius 3 is 2.84 bits per heavy atom. The minimum atomic E-state index is -0.0768. The normalized spacial score (nSPS) is 10.5. The maximum absolute atomic E-state index is 11.9. The minimum absolute atomic E-state index is 0.0768. The summed E-state index contributed by atoms with van der Waals surface area (Å²) in [6.45, 7) is 3.76. The van der Waals surface area contributed by atoms with Gasteiger partial charge in [-0.05, 0) is 24.7 Å². The number of benzene rings is 1. The van der Waals surface area contributed by atoms with Crippen molar-refractivity contribution in [2.24, 2.45) is 5.73 Å². The summed E-state index contributed by atoms with van der Waals surface area (Å²) in [6, 6.07) is 7.07. The van der Waals surface area contributed by atoms with Crippen LogP contribution in [0.5, 0.6) is 0 Å². The van der Waals surface area contributed by atoms with E-state index in [1.54, 1.807) is 24.3 Å². The van der Waals surface area contributed by atoms with E-state index in [1.165, 1.54) is 0 Å². The third kappa shape index (κ3) is 6.52. The lowest BCUT2D eigenvalue weighted by atomic mass is 10.3. The molecule has 0 atom stereocenters. The van der Waals surface area contributed by atoms with Crippen LogP contribution in [0.1, 0.15) is 13.3 Å². The van der Waals surface area contributed by atoms with Crippen molar-refractivity contribution in [1.29, 1.82) is 0 Å². The summed E-state index contributed by atoms with van der Waals surface area (Å²) in [6.07, 6.45) is 0.619. The van der Waals surface area contributed by atoms with Gasteiger partial charge in [0.1, 0.15) is 0 Å². The van der Waals surface area contributed by atoms with E-state index in [0.717, 1.165) is 6.54 Å². The second-order valence-electron chi connectivity index (χ2n) is 4.14. The third-order valence-corrected chi connectivity index (χ3v) is 3.04. The predicted octanol–water partition coefficient (Wildman–Crippen LogP) is 2.28. The molecule has 4 nitrogen and oxygen atoms in total. The van der Waals surface area contributed by atoms with Gasteiger partial charge in [0, 0.05) is 23.7 Å². The Morgan fingerprint density at radius 1 is 1.53 bits per heavy atom. The van der Waals surface area contributed by atoms with Gasteiger partial charge in [0.2, 0.25) is 5.91 Å². The molecular formula is C13H18ClN3OS. The Morgan fingerprint density at radius 2 is 2.26 bits per heavy atom. The van der Waals surface area contributed by atoms with Crippen LogP contribution in [-0.4, -0.2) is 35.4 Å². The van der Waals surface area contributed by atoms with Crippen LogP contribution in [0.4, 0.5) is 5.69 Å². The van der Waals surface area contributed by atoms with E-state index in [2.05, 4.69) is 5.32 Å². The van der Waals surface area contributed by atoms with Gasteiger partial charge in [0.05, 0.1) is 11.5 Å². The van der Waals surface area contributed by atoms with Crippen molar-refractivity contribution in [2.75, 3.05) is 25.0 Å². The Kier molecular flexibility index (Phi) is 6.77. The van der Waals surface area contributed by atoms with Crippen molar-refractivity contribution in [2.45, 2.75) is 13.3 Å². The van der Waals surface area contributed by atoms with E-state index >= 15 is 0 Å². The number of carbonyl (C=O) groups excluding carboxylic acids is 1. The van der Waals surface area contributed by atoms with Gasteiger partial charge in [-0.15, -0.1) is 0 Å². The number of hydrogen-bond acceptors (Lipinski definition) is 3. The number of carbonyl (C=O) groups is 1. The average Bonchev–Trinajstić information content (AvgIpc) is 2.34. The molecule has 0 fully saturated rings. The molecule has 0 bridgehead atoms. The molecule has 0 unspecified atom stereocenters. The molecule has 104 valence electrons. The van der Waals surface area contributed by atoms with Crippen LogP contribution >= 0.6 is 23.8 Å². The molecule has 3 N–H and O–H groups in total. The number of nitrogens with zero attached hydrogens (tertiary/aromatic N) is 1.